The number of nitrogens with zero attached hydrogens (tertiary/aromatic N) is 1. The minimum Gasteiger partial charge on any atom is -0.296 e. The van der Waals surface area contributed by atoms with E-state index in [1.807, 2.05) is 6.07 Å². The molecule has 2 unspecified atom stereocenters. The van der Waals surface area contributed by atoms with Gasteiger partial charge in [0.05, 0.1) is 0 Å². The van der Waals surface area contributed by atoms with E-state index < -0.39 is 0 Å². The first-order valence-electron chi connectivity index (χ1n) is 11.7. The van der Waals surface area contributed by atoms with Crippen LogP contribution in [0.5, 0.6) is 0 Å². The molecular weight excluding hydrogens is 381 g/mol. The maximum atomic E-state index is 13.8. The molecule has 6 rings (SSSR count). The van der Waals surface area contributed by atoms with Gasteiger partial charge in [0.15, 0.2) is 0 Å². The summed E-state index contributed by atoms with van der Waals surface area (Å²) in [5, 5.41) is 2.74. The SMILES string of the molecule is Fc1cccc(CC2C=CC3=C(CCc4c3ccc3ccccc43)C2N2CCCC2)c1. The summed E-state index contributed by atoms with van der Waals surface area (Å²) >= 11 is 0. The molecule has 0 bridgehead atoms. The minimum atomic E-state index is -0.131. The number of halogens is 1. The van der Waals surface area contributed by atoms with E-state index in [0.717, 1.165) is 24.8 Å². The van der Waals surface area contributed by atoms with Gasteiger partial charge in [0.1, 0.15) is 5.82 Å². The number of fused-ring (bicyclic) bond motifs is 4. The molecule has 0 radical (unpaired) electrons. The molecule has 0 saturated carbocycles. The fourth-order valence-electron chi connectivity index (χ4n) is 6.14. The van der Waals surface area contributed by atoms with Crippen LogP contribution in [0.15, 0.2) is 78.4 Å². The molecule has 1 fully saturated rings. The van der Waals surface area contributed by atoms with Crippen LogP contribution in [0, 0.1) is 11.7 Å². The quantitative estimate of drug-likeness (QED) is 0.473. The fourth-order valence-corrected chi connectivity index (χ4v) is 6.14. The van der Waals surface area contributed by atoms with E-state index in [1.54, 1.807) is 17.7 Å². The van der Waals surface area contributed by atoms with Gasteiger partial charge in [-0.1, -0.05) is 60.7 Å². The summed E-state index contributed by atoms with van der Waals surface area (Å²) in [4.78, 5) is 2.70. The first-order valence-corrected chi connectivity index (χ1v) is 11.7. The number of likely N-dealkylation sites (tertiary alicyclic amines) is 1. The van der Waals surface area contributed by atoms with Gasteiger partial charge in [0.25, 0.3) is 0 Å². The molecule has 0 amide bonds. The molecule has 1 heterocycles. The van der Waals surface area contributed by atoms with Crippen molar-refractivity contribution >= 4 is 16.3 Å². The van der Waals surface area contributed by atoms with Gasteiger partial charge in [-0.15, -0.1) is 0 Å². The van der Waals surface area contributed by atoms with Crippen molar-refractivity contribution in [3.05, 3.63) is 101 Å². The zero-order chi connectivity index (χ0) is 20.8. The van der Waals surface area contributed by atoms with E-state index in [9.17, 15) is 4.39 Å². The Morgan fingerprint density at radius 3 is 2.65 bits per heavy atom. The van der Waals surface area contributed by atoms with Gasteiger partial charge in [-0.3, -0.25) is 4.90 Å². The minimum absolute atomic E-state index is 0.131. The summed E-state index contributed by atoms with van der Waals surface area (Å²) in [5.74, 6) is 0.272. The number of hydrogen-bond acceptors (Lipinski definition) is 1. The van der Waals surface area contributed by atoms with Crippen LogP contribution in [0.1, 0.15) is 36.0 Å². The van der Waals surface area contributed by atoms with Crippen molar-refractivity contribution < 1.29 is 4.39 Å². The lowest BCUT2D eigenvalue weighted by molar-refractivity contribution is 0.221. The predicted molar refractivity (Wildman–Crippen MR) is 127 cm³/mol. The first-order chi connectivity index (χ1) is 15.3. The number of benzene rings is 3. The monoisotopic (exact) mass is 409 g/mol. The van der Waals surface area contributed by atoms with Crippen LogP contribution in [0.2, 0.25) is 0 Å². The topological polar surface area (TPSA) is 3.24 Å². The van der Waals surface area contributed by atoms with Gasteiger partial charge in [0.2, 0.25) is 0 Å². The van der Waals surface area contributed by atoms with Gasteiger partial charge in [-0.2, -0.15) is 0 Å². The third-order valence-corrected chi connectivity index (χ3v) is 7.49. The van der Waals surface area contributed by atoms with Crippen molar-refractivity contribution in [2.45, 2.75) is 38.1 Å². The number of aryl methyl sites for hydroxylation is 1. The maximum Gasteiger partial charge on any atom is 0.123 e. The molecule has 2 heteroatoms. The van der Waals surface area contributed by atoms with Crippen molar-refractivity contribution in [1.29, 1.82) is 0 Å². The molecule has 2 atom stereocenters. The second-order valence-corrected chi connectivity index (χ2v) is 9.30. The number of rotatable bonds is 3. The summed E-state index contributed by atoms with van der Waals surface area (Å²) in [6.45, 7) is 2.36. The van der Waals surface area contributed by atoms with Crippen LogP contribution in [0.4, 0.5) is 4.39 Å². The normalized spacial score (nSPS) is 23.3. The molecule has 0 aromatic heterocycles. The summed E-state index contributed by atoms with van der Waals surface area (Å²) in [5.41, 5.74) is 7.08. The average Bonchev–Trinajstić information content (AvgIpc) is 3.33. The molecule has 0 N–H and O–H groups in total. The molecule has 1 aliphatic heterocycles. The molecule has 1 nitrogen and oxygen atoms in total. The fraction of sp³-hybridized carbons (Fsp3) is 0.310. The largest absolute Gasteiger partial charge is 0.296 e. The van der Waals surface area contributed by atoms with Crippen molar-refractivity contribution in [2.75, 3.05) is 13.1 Å². The highest BCUT2D eigenvalue weighted by molar-refractivity contribution is 5.94. The van der Waals surface area contributed by atoms with Crippen molar-refractivity contribution in [3.63, 3.8) is 0 Å². The van der Waals surface area contributed by atoms with Crippen LogP contribution in [0.25, 0.3) is 16.3 Å². The number of hydrogen-bond donors (Lipinski definition) is 0. The van der Waals surface area contributed by atoms with E-state index in [4.69, 9.17) is 0 Å². The molecular formula is C29H28FN. The average molecular weight is 410 g/mol. The Labute approximate surface area is 183 Å². The van der Waals surface area contributed by atoms with Crippen LogP contribution in [-0.4, -0.2) is 24.0 Å². The van der Waals surface area contributed by atoms with Crippen molar-refractivity contribution in [3.8, 4) is 0 Å². The highest BCUT2D eigenvalue weighted by atomic mass is 19.1. The third kappa shape index (κ3) is 3.34. The van der Waals surface area contributed by atoms with E-state index >= 15 is 0 Å². The summed E-state index contributed by atoms with van der Waals surface area (Å²) in [6.07, 6.45) is 10.5. The molecule has 3 aromatic carbocycles. The molecule has 2 aliphatic carbocycles. The Kier molecular flexibility index (Phi) is 4.76. The predicted octanol–water partition coefficient (Wildman–Crippen LogP) is 6.57. The lowest BCUT2D eigenvalue weighted by Crippen LogP contribution is -2.42. The zero-order valence-electron chi connectivity index (χ0n) is 17.9. The van der Waals surface area contributed by atoms with Crippen LogP contribution < -0.4 is 0 Å². The molecule has 1 saturated heterocycles. The van der Waals surface area contributed by atoms with Gasteiger partial charge in [-0.25, -0.2) is 4.39 Å². The van der Waals surface area contributed by atoms with Crippen molar-refractivity contribution in [1.82, 2.24) is 4.90 Å². The Morgan fingerprint density at radius 2 is 1.77 bits per heavy atom. The van der Waals surface area contributed by atoms with E-state index in [1.165, 1.54) is 53.4 Å². The molecule has 156 valence electrons. The lowest BCUT2D eigenvalue weighted by atomic mass is 9.73. The molecule has 31 heavy (non-hydrogen) atoms. The Hall–Kier alpha value is -2.71. The molecule has 3 aliphatic rings. The zero-order valence-corrected chi connectivity index (χ0v) is 17.9. The summed E-state index contributed by atoms with van der Waals surface area (Å²) in [7, 11) is 0. The van der Waals surface area contributed by atoms with Gasteiger partial charge in [-0.05, 0) is 95.9 Å². The van der Waals surface area contributed by atoms with Crippen LogP contribution in [0.3, 0.4) is 0 Å². The third-order valence-electron chi connectivity index (χ3n) is 7.49. The highest BCUT2D eigenvalue weighted by Gasteiger charge is 2.36. The molecule has 3 aromatic rings. The smallest absolute Gasteiger partial charge is 0.123 e. The number of allylic oxidation sites excluding steroid dienone is 2. The lowest BCUT2D eigenvalue weighted by Gasteiger charge is -2.41. The summed E-state index contributed by atoms with van der Waals surface area (Å²) < 4.78 is 13.8. The first kappa shape index (κ1) is 19.0. The Balaban J connectivity index is 1.43. The Morgan fingerprint density at radius 1 is 0.903 bits per heavy atom. The standard InChI is InChI=1S/C29H28FN/c30-23-8-5-6-20(19-23)18-22-11-13-27-26-12-10-21-7-1-2-9-24(21)25(26)14-15-28(27)29(22)31-16-3-4-17-31/h1-2,5-13,19,22,29H,3-4,14-18H2. The van der Waals surface area contributed by atoms with E-state index in [2.05, 4.69) is 59.5 Å². The summed E-state index contributed by atoms with van der Waals surface area (Å²) in [6, 6.07) is 21.0. The maximum absolute atomic E-state index is 13.8. The second kappa shape index (κ2) is 7.76. The second-order valence-electron chi connectivity index (χ2n) is 9.30. The highest BCUT2D eigenvalue weighted by Crippen LogP contribution is 2.44. The van der Waals surface area contributed by atoms with Gasteiger partial charge in [0, 0.05) is 12.0 Å². The van der Waals surface area contributed by atoms with E-state index in [-0.39, 0.29) is 5.82 Å². The molecule has 0 spiro atoms. The van der Waals surface area contributed by atoms with Gasteiger partial charge >= 0.3 is 0 Å². The Bertz CT molecular complexity index is 1200. The van der Waals surface area contributed by atoms with Crippen LogP contribution in [-0.2, 0) is 12.8 Å². The van der Waals surface area contributed by atoms with Crippen LogP contribution >= 0.6 is 0 Å². The van der Waals surface area contributed by atoms with Gasteiger partial charge < -0.3 is 0 Å². The van der Waals surface area contributed by atoms with E-state index in [0.29, 0.717) is 12.0 Å². The van der Waals surface area contributed by atoms with Crippen molar-refractivity contribution in [2.24, 2.45) is 5.92 Å².